The van der Waals surface area contributed by atoms with E-state index in [9.17, 15) is 4.79 Å². The molecule has 0 spiro atoms. The maximum absolute atomic E-state index is 12.4. The van der Waals surface area contributed by atoms with Gasteiger partial charge in [0.05, 0.1) is 6.61 Å². The first-order chi connectivity index (χ1) is 10.8. The molecule has 4 heteroatoms. The van der Waals surface area contributed by atoms with Crippen molar-refractivity contribution in [2.75, 3.05) is 27.3 Å². The second kappa shape index (κ2) is 9.56. The molecule has 1 atom stereocenters. The van der Waals surface area contributed by atoms with Crippen LogP contribution in [0.25, 0.3) is 0 Å². The normalized spacial score (nSPS) is 12.5. The fraction of sp³-hybridized carbons (Fsp3) is 0.632. The third-order valence-electron chi connectivity index (χ3n) is 3.70. The van der Waals surface area contributed by atoms with Crippen molar-refractivity contribution in [3.05, 3.63) is 29.3 Å². The molecule has 0 amide bonds. The Morgan fingerprint density at radius 1 is 1.26 bits per heavy atom. The minimum Gasteiger partial charge on any atom is -0.493 e. The first-order valence-corrected chi connectivity index (χ1v) is 8.42. The van der Waals surface area contributed by atoms with E-state index in [1.165, 1.54) is 0 Å². The van der Waals surface area contributed by atoms with Crippen molar-refractivity contribution >= 4 is 5.97 Å². The lowest BCUT2D eigenvalue weighted by Gasteiger charge is -2.25. The molecule has 1 aromatic rings. The minimum atomic E-state index is -0.313. The summed E-state index contributed by atoms with van der Waals surface area (Å²) in [5.74, 6) is 0.859. The van der Waals surface area contributed by atoms with Crippen LogP contribution in [0.4, 0.5) is 0 Å². The van der Waals surface area contributed by atoms with Gasteiger partial charge in [0.2, 0.25) is 0 Å². The highest BCUT2D eigenvalue weighted by atomic mass is 16.5. The van der Waals surface area contributed by atoms with Crippen molar-refractivity contribution in [2.24, 2.45) is 5.92 Å². The average molecular weight is 321 g/mol. The van der Waals surface area contributed by atoms with Crippen LogP contribution in [-0.2, 0) is 4.74 Å². The summed E-state index contributed by atoms with van der Waals surface area (Å²) in [6.07, 6.45) is 1.90. The lowest BCUT2D eigenvalue weighted by Crippen LogP contribution is -2.34. The van der Waals surface area contributed by atoms with Gasteiger partial charge in [0.1, 0.15) is 17.9 Å². The highest BCUT2D eigenvalue weighted by molar-refractivity contribution is 5.92. The van der Waals surface area contributed by atoms with Crippen LogP contribution in [0, 0.1) is 12.8 Å². The molecule has 1 rings (SSSR count). The highest BCUT2D eigenvalue weighted by Gasteiger charge is 2.19. The van der Waals surface area contributed by atoms with E-state index in [1.54, 1.807) is 6.07 Å². The topological polar surface area (TPSA) is 38.8 Å². The smallest absolute Gasteiger partial charge is 0.341 e. The van der Waals surface area contributed by atoms with E-state index in [2.05, 4.69) is 18.7 Å². The monoisotopic (exact) mass is 321 g/mol. The lowest BCUT2D eigenvalue weighted by molar-refractivity contribution is 0.0375. The van der Waals surface area contributed by atoms with Crippen LogP contribution in [0.5, 0.6) is 5.75 Å². The molecule has 4 nitrogen and oxygen atoms in total. The molecule has 0 aliphatic rings. The summed E-state index contributed by atoms with van der Waals surface area (Å²) in [6.45, 7) is 9.37. The van der Waals surface area contributed by atoms with Crippen LogP contribution < -0.4 is 4.74 Å². The van der Waals surface area contributed by atoms with Crippen LogP contribution in [-0.4, -0.2) is 44.2 Å². The van der Waals surface area contributed by atoms with E-state index in [4.69, 9.17) is 9.47 Å². The van der Waals surface area contributed by atoms with Gasteiger partial charge in [0.15, 0.2) is 0 Å². The van der Waals surface area contributed by atoms with Crippen LogP contribution in [0.1, 0.15) is 49.5 Å². The summed E-state index contributed by atoms with van der Waals surface area (Å²) < 4.78 is 11.2. The summed E-state index contributed by atoms with van der Waals surface area (Å²) in [7, 11) is 4.03. The molecule has 0 saturated carbocycles. The largest absolute Gasteiger partial charge is 0.493 e. The van der Waals surface area contributed by atoms with E-state index < -0.39 is 0 Å². The Bertz CT molecular complexity index is 497. The Hall–Kier alpha value is -1.55. The second-order valence-corrected chi connectivity index (χ2v) is 6.69. The predicted molar refractivity (Wildman–Crippen MR) is 94.2 cm³/mol. The SMILES string of the molecule is CCCOc1cc(C)ccc1C(=O)OC[C@@H](CC(C)C)N(C)C. The van der Waals surface area contributed by atoms with Crippen LogP contribution in [0.3, 0.4) is 0 Å². The summed E-state index contributed by atoms with van der Waals surface area (Å²) in [4.78, 5) is 14.5. The van der Waals surface area contributed by atoms with Gasteiger partial charge in [-0.1, -0.05) is 26.8 Å². The quantitative estimate of drug-likeness (QED) is 0.646. The molecule has 0 bridgehead atoms. The average Bonchev–Trinajstić information content (AvgIpc) is 2.48. The van der Waals surface area contributed by atoms with E-state index in [1.807, 2.05) is 40.1 Å². The van der Waals surface area contributed by atoms with Crippen molar-refractivity contribution < 1.29 is 14.3 Å². The second-order valence-electron chi connectivity index (χ2n) is 6.69. The zero-order valence-corrected chi connectivity index (χ0v) is 15.4. The van der Waals surface area contributed by atoms with Gasteiger partial charge in [-0.15, -0.1) is 0 Å². The van der Waals surface area contributed by atoms with E-state index in [-0.39, 0.29) is 12.0 Å². The Morgan fingerprint density at radius 2 is 1.96 bits per heavy atom. The van der Waals surface area contributed by atoms with Gasteiger partial charge in [0.25, 0.3) is 0 Å². The first-order valence-electron chi connectivity index (χ1n) is 8.42. The van der Waals surface area contributed by atoms with Crippen LogP contribution in [0.15, 0.2) is 18.2 Å². The molecule has 0 N–H and O–H groups in total. The molecule has 0 aliphatic carbocycles. The van der Waals surface area contributed by atoms with Crippen molar-refractivity contribution in [1.29, 1.82) is 0 Å². The zero-order valence-electron chi connectivity index (χ0n) is 15.4. The summed E-state index contributed by atoms with van der Waals surface area (Å²) in [5.41, 5.74) is 1.57. The standard InChI is InChI=1S/C19H31NO3/c1-7-10-22-18-12-15(4)8-9-17(18)19(21)23-13-16(20(5)6)11-14(2)3/h8-9,12,14,16H,7,10-11,13H2,1-6H3/t16-/m1/s1. The van der Waals surface area contributed by atoms with Gasteiger partial charge < -0.3 is 14.4 Å². The van der Waals surface area contributed by atoms with E-state index >= 15 is 0 Å². The number of benzene rings is 1. The number of esters is 1. The molecule has 0 heterocycles. The highest BCUT2D eigenvalue weighted by Crippen LogP contribution is 2.22. The van der Waals surface area contributed by atoms with Gasteiger partial charge in [-0.2, -0.15) is 0 Å². The zero-order chi connectivity index (χ0) is 17.4. The molecule has 0 aromatic heterocycles. The number of rotatable bonds is 9. The molecule has 0 radical (unpaired) electrons. The van der Waals surface area contributed by atoms with Gasteiger partial charge in [-0.3, -0.25) is 0 Å². The molecular weight excluding hydrogens is 290 g/mol. The Labute approximate surface area is 140 Å². The molecule has 0 fully saturated rings. The maximum atomic E-state index is 12.4. The number of nitrogens with zero attached hydrogens (tertiary/aromatic N) is 1. The van der Waals surface area contributed by atoms with Crippen LogP contribution in [0.2, 0.25) is 0 Å². The van der Waals surface area contributed by atoms with Crippen molar-refractivity contribution in [3.63, 3.8) is 0 Å². The minimum absolute atomic E-state index is 0.226. The van der Waals surface area contributed by atoms with Crippen molar-refractivity contribution in [1.82, 2.24) is 4.90 Å². The van der Waals surface area contributed by atoms with E-state index in [0.717, 1.165) is 18.4 Å². The lowest BCUT2D eigenvalue weighted by atomic mass is 10.0. The number of carbonyl (C=O) groups is 1. The van der Waals surface area contributed by atoms with Crippen molar-refractivity contribution in [3.8, 4) is 5.75 Å². The molecule has 0 unspecified atom stereocenters. The molecule has 0 aliphatic heterocycles. The van der Waals surface area contributed by atoms with Gasteiger partial charge >= 0.3 is 5.97 Å². The van der Waals surface area contributed by atoms with E-state index in [0.29, 0.717) is 30.4 Å². The number of hydrogen-bond donors (Lipinski definition) is 0. The number of hydrogen-bond acceptors (Lipinski definition) is 4. The first kappa shape index (κ1) is 19.5. The molecule has 1 aromatic carbocycles. The summed E-state index contributed by atoms with van der Waals surface area (Å²) >= 11 is 0. The fourth-order valence-electron chi connectivity index (χ4n) is 2.35. The molecule has 23 heavy (non-hydrogen) atoms. The van der Waals surface area contributed by atoms with Gasteiger partial charge in [-0.05, 0) is 57.5 Å². The molecule has 130 valence electrons. The molecular formula is C19H31NO3. The number of carbonyl (C=O) groups excluding carboxylic acids is 1. The summed E-state index contributed by atoms with van der Waals surface area (Å²) in [6, 6.07) is 5.82. The summed E-state index contributed by atoms with van der Waals surface area (Å²) in [5, 5.41) is 0. The number of aryl methyl sites for hydroxylation is 1. The van der Waals surface area contributed by atoms with Gasteiger partial charge in [0, 0.05) is 6.04 Å². The Balaban J connectivity index is 2.76. The number of likely N-dealkylation sites (N-methyl/N-ethyl adjacent to an activating group) is 1. The van der Waals surface area contributed by atoms with Crippen molar-refractivity contribution in [2.45, 2.75) is 46.6 Å². The van der Waals surface area contributed by atoms with Gasteiger partial charge in [-0.25, -0.2) is 4.79 Å². The third-order valence-corrected chi connectivity index (χ3v) is 3.70. The number of ether oxygens (including phenoxy) is 2. The maximum Gasteiger partial charge on any atom is 0.341 e. The Morgan fingerprint density at radius 3 is 2.52 bits per heavy atom. The van der Waals surface area contributed by atoms with Crippen LogP contribution >= 0.6 is 0 Å². The molecule has 0 saturated heterocycles. The Kier molecular flexibility index (Phi) is 8.10. The predicted octanol–water partition coefficient (Wildman–Crippen LogP) is 3.92. The fourth-order valence-corrected chi connectivity index (χ4v) is 2.35. The third kappa shape index (κ3) is 6.61.